The van der Waals surface area contributed by atoms with E-state index in [0.717, 1.165) is 23.6 Å². The predicted molar refractivity (Wildman–Crippen MR) is 56.9 cm³/mol. The summed E-state index contributed by atoms with van der Waals surface area (Å²) in [7, 11) is 0. The monoisotopic (exact) mass is 210 g/mol. The van der Waals surface area contributed by atoms with E-state index < -0.39 is 5.97 Å². The van der Waals surface area contributed by atoms with Gasteiger partial charge in [-0.2, -0.15) is 0 Å². The number of fused-ring (bicyclic) bond motifs is 1. The Hall–Kier alpha value is -0.830. The molecule has 1 heterocycles. The Bertz CT molecular complexity index is 344. The summed E-state index contributed by atoms with van der Waals surface area (Å²) >= 11 is 1.68. The van der Waals surface area contributed by atoms with Gasteiger partial charge in [-0.05, 0) is 37.3 Å². The summed E-state index contributed by atoms with van der Waals surface area (Å²) in [4.78, 5) is 13.2. The lowest BCUT2D eigenvalue weighted by molar-refractivity contribution is -0.138. The van der Waals surface area contributed by atoms with Crippen molar-refractivity contribution < 1.29 is 9.90 Å². The zero-order valence-corrected chi connectivity index (χ0v) is 9.23. The molecule has 0 radical (unpaired) electrons. The molecule has 2 atom stereocenters. The molecule has 1 N–H and O–H groups in total. The Kier molecular flexibility index (Phi) is 2.35. The second kappa shape index (κ2) is 3.39. The van der Waals surface area contributed by atoms with Crippen LogP contribution in [0.1, 0.15) is 35.1 Å². The van der Waals surface area contributed by atoms with Crippen LogP contribution in [0.15, 0.2) is 6.07 Å². The van der Waals surface area contributed by atoms with Crippen LogP contribution in [-0.4, -0.2) is 11.1 Å². The number of carbonyl (C=O) groups is 1. The molecule has 0 bridgehead atoms. The number of carboxylic acids is 1. The number of aliphatic carboxylic acids is 1. The summed E-state index contributed by atoms with van der Waals surface area (Å²) in [5, 5.41) is 8.88. The van der Waals surface area contributed by atoms with Crippen molar-refractivity contribution in [2.45, 2.75) is 32.6 Å². The van der Waals surface area contributed by atoms with E-state index in [2.05, 4.69) is 13.0 Å². The molecule has 1 aromatic heterocycles. The van der Waals surface area contributed by atoms with Gasteiger partial charge in [-0.15, -0.1) is 11.3 Å². The quantitative estimate of drug-likeness (QED) is 0.814. The van der Waals surface area contributed by atoms with Gasteiger partial charge in [0.1, 0.15) is 0 Å². The van der Waals surface area contributed by atoms with Crippen LogP contribution in [0.5, 0.6) is 0 Å². The average Bonchev–Trinajstić information content (AvgIpc) is 2.59. The van der Waals surface area contributed by atoms with Crippen molar-refractivity contribution in [1.82, 2.24) is 0 Å². The van der Waals surface area contributed by atoms with Crippen LogP contribution >= 0.6 is 11.3 Å². The first-order chi connectivity index (χ1) is 6.58. The third-order valence-electron chi connectivity index (χ3n) is 2.82. The molecule has 0 aromatic carbocycles. The zero-order valence-electron chi connectivity index (χ0n) is 8.41. The van der Waals surface area contributed by atoms with Crippen molar-refractivity contribution in [1.29, 1.82) is 0 Å². The van der Waals surface area contributed by atoms with Crippen molar-refractivity contribution in [3.8, 4) is 0 Å². The largest absolute Gasteiger partial charge is 0.481 e. The topological polar surface area (TPSA) is 37.3 Å². The fourth-order valence-corrected chi connectivity index (χ4v) is 3.34. The lowest BCUT2D eigenvalue weighted by Gasteiger charge is -2.03. The highest BCUT2D eigenvalue weighted by molar-refractivity contribution is 7.12. The summed E-state index contributed by atoms with van der Waals surface area (Å²) in [6.45, 7) is 4.00. The molecule has 1 aromatic rings. The third-order valence-corrected chi connectivity index (χ3v) is 4.20. The van der Waals surface area contributed by atoms with Gasteiger partial charge in [-0.1, -0.05) is 6.92 Å². The lowest BCUT2D eigenvalue weighted by Crippen LogP contribution is -2.05. The highest BCUT2D eigenvalue weighted by atomic mass is 32.1. The van der Waals surface area contributed by atoms with Gasteiger partial charge in [-0.25, -0.2) is 0 Å². The van der Waals surface area contributed by atoms with E-state index in [1.54, 1.807) is 18.3 Å². The minimum absolute atomic E-state index is 0.346. The maximum atomic E-state index is 10.8. The number of rotatable bonds is 2. The normalized spacial score (nSPS) is 22.0. The van der Waals surface area contributed by atoms with Crippen LogP contribution in [-0.2, 0) is 17.6 Å². The first-order valence-corrected chi connectivity index (χ1v) is 5.74. The Morgan fingerprint density at radius 1 is 1.64 bits per heavy atom. The second-order valence-electron chi connectivity index (χ2n) is 4.17. The SMILES string of the molecule is CC1Cc2cc(C(C)C(=O)O)sc2C1. The third kappa shape index (κ3) is 1.57. The summed E-state index contributed by atoms with van der Waals surface area (Å²) in [6.07, 6.45) is 2.25. The molecule has 0 amide bonds. The molecule has 2 unspecified atom stereocenters. The molecular weight excluding hydrogens is 196 g/mol. The molecule has 0 fully saturated rings. The van der Waals surface area contributed by atoms with Gasteiger partial charge in [0.25, 0.3) is 0 Å². The number of carboxylic acid groups (broad SMARTS) is 1. The van der Waals surface area contributed by atoms with Crippen LogP contribution in [0, 0.1) is 5.92 Å². The fraction of sp³-hybridized carbons (Fsp3) is 0.545. The van der Waals surface area contributed by atoms with Gasteiger partial charge in [0.2, 0.25) is 0 Å². The summed E-state index contributed by atoms with van der Waals surface area (Å²) in [5.41, 5.74) is 1.38. The molecule has 0 saturated heterocycles. The standard InChI is InChI=1S/C11H14O2S/c1-6-3-8-5-9(7(2)11(12)13)14-10(8)4-6/h5-7H,3-4H2,1-2H3,(H,12,13). The van der Waals surface area contributed by atoms with E-state index in [-0.39, 0.29) is 5.92 Å². The molecule has 2 rings (SSSR count). The predicted octanol–water partition coefficient (Wildman–Crippen LogP) is 2.67. The van der Waals surface area contributed by atoms with E-state index >= 15 is 0 Å². The Balaban J connectivity index is 2.24. The summed E-state index contributed by atoms with van der Waals surface area (Å²) < 4.78 is 0. The van der Waals surface area contributed by atoms with Crippen LogP contribution in [0.2, 0.25) is 0 Å². The number of hydrogen-bond donors (Lipinski definition) is 1. The Morgan fingerprint density at radius 2 is 2.36 bits per heavy atom. The molecule has 0 aliphatic heterocycles. The fourth-order valence-electron chi connectivity index (χ4n) is 1.93. The van der Waals surface area contributed by atoms with Crippen molar-refractivity contribution >= 4 is 17.3 Å². The maximum Gasteiger partial charge on any atom is 0.311 e. The van der Waals surface area contributed by atoms with E-state index in [0.29, 0.717) is 0 Å². The van der Waals surface area contributed by atoms with E-state index in [1.807, 2.05) is 0 Å². The van der Waals surface area contributed by atoms with Crippen molar-refractivity contribution in [3.05, 3.63) is 21.4 Å². The average molecular weight is 210 g/mol. The van der Waals surface area contributed by atoms with Crippen LogP contribution in [0.25, 0.3) is 0 Å². The molecule has 1 aliphatic carbocycles. The minimum Gasteiger partial charge on any atom is -0.481 e. The molecule has 0 saturated carbocycles. The smallest absolute Gasteiger partial charge is 0.311 e. The van der Waals surface area contributed by atoms with Crippen LogP contribution in [0.4, 0.5) is 0 Å². The molecule has 0 spiro atoms. The van der Waals surface area contributed by atoms with Crippen molar-refractivity contribution in [3.63, 3.8) is 0 Å². The van der Waals surface area contributed by atoms with Crippen molar-refractivity contribution in [2.75, 3.05) is 0 Å². The molecule has 2 nitrogen and oxygen atoms in total. The first-order valence-electron chi connectivity index (χ1n) is 4.92. The van der Waals surface area contributed by atoms with Gasteiger partial charge in [0.05, 0.1) is 5.92 Å². The second-order valence-corrected chi connectivity index (χ2v) is 5.34. The Labute approximate surface area is 87.6 Å². The lowest BCUT2D eigenvalue weighted by atomic mass is 10.1. The summed E-state index contributed by atoms with van der Waals surface area (Å²) in [5.74, 6) is -0.329. The number of thiophene rings is 1. The van der Waals surface area contributed by atoms with Gasteiger partial charge in [0.15, 0.2) is 0 Å². The molecule has 3 heteroatoms. The van der Waals surface area contributed by atoms with Gasteiger partial charge in [-0.3, -0.25) is 4.79 Å². The highest BCUT2D eigenvalue weighted by Gasteiger charge is 2.24. The molecule has 76 valence electrons. The maximum absolute atomic E-state index is 10.8. The highest BCUT2D eigenvalue weighted by Crippen LogP contribution is 2.36. The number of hydrogen-bond acceptors (Lipinski definition) is 2. The van der Waals surface area contributed by atoms with Crippen LogP contribution < -0.4 is 0 Å². The van der Waals surface area contributed by atoms with Crippen LogP contribution in [0.3, 0.4) is 0 Å². The first kappa shape index (κ1) is 9.71. The van der Waals surface area contributed by atoms with Crippen molar-refractivity contribution in [2.24, 2.45) is 5.92 Å². The van der Waals surface area contributed by atoms with E-state index in [4.69, 9.17) is 5.11 Å². The Morgan fingerprint density at radius 3 is 2.93 bits per heavy atom. The van der Waals surface area contributed by atoms with Gasteiger partial charge >= 0.3 is 5.97 Å². The van der Waals surface area contributed by atoms with E-state index in [9.17, 15) is 4.79 Å². The van der Waals surface area contributed by atoms with E-state index in [1.165, 1.54) is 10.4 Å². The summed E-state index contributed by atoms with van der Waals surface area (Å²) in [6, 6.07) is 2.09. The molecule has 14 heavy (non-hydrogen) atoms. The minimum atomic E-state index is -0.724. The zero-order chi connectivity index (χ0) is 10.3. The van der Waals surface area contributed by atoms with Gasteiger partial charge < -0.3 is 5.11 Å². The molecular formula is C11H14O2S. The molecule has 1 aliphatic rings. The van der Waals surface area contributed by atoms with Gasteiger partial charge in [0, 0.05) is 9.75 Å².